The molecule has 17 heavy (non-hydrogen) atoms. The number of carbonyl (C=O) groups excluding carboxylic acids is 1. The summed E-state index contributed by atoms with van der Waals surface area (Å²) in [7, 11) is 0. The van der Waals surface area contributed by atoms with Crippen LogP contribution >= 0.6 is 11.3 Å². The molecular formula is C13H10FNOS. The molecule has 0 saturated heterocycles. The van der Waals surface area contributed by atoms with Crippen LogP contribution in [0.25, 0.3) is 6.08 Å². The Balaban J connectivity index is 1.98. The van der Waals surface area contributed by atoms with Gasteiger partial charge in [0.15, 0.2) is 0 Å². The first-order valence-electron chi connectivity index (χ1n) is 5.01. The Hall–Kier alpha value is -1.94. The van der Waals surface area contributed by atoms with Crippen LogP contribution in [0.15, 0.2) is 47.2 Å². The number of thiophene rings is 1. The third kappa shape index (κ3) is 3.53. The lowest BCUT2D eigenvalue weighted by atomic mass is 10.3. The van der Waals surface area contributed by atoms with Gasteiger partial charge in [0.1, 0.15) is 5.82 Å². The molecule has 0 aliphatic carbocycles. The van der Waals surface area contributed by atoms with Crippen molar-refractivity contribution in [3.8, 4) is 0 Å². The topological polar surface area (TPSA) is 29.1 Å². The molecule has 0 fully saturated rings. The largest absolute Gasteiger partial charge is 0.322 e. The van der Waals surface area contributed by atoms with Crippen molar-refractivity contribution in [1.29, 1.82) is 0 Å². The summed E-state index contributed by atoms with van der Waals surface area (Å²) in [5.41, 5.74) is 1.43. The highest BCUT2D eigenvalue weighted by Crippen LogP contribution is 2.10. The van der Waals surface area contributed by atoms with Crippen molar-refractivity contribution in [2.75, 3.05) is 5.32 Å². The Morgan fingerprint density at radius 2 is 2.24 bits per heavy atom. The average molecular weight is 247 g/mol. The summed E-state index contributed by atoms with van der Waals surface area (Å²) in [5, 5.41) is 6.45. The van der Waals surface area contributed by atoms with Crippen LogP contribution in [0.3, 0.4) is 0 Å². The van der Waals surface area contributed by atoms with E-state index in [0.717, 1.165) is 5.56 Å². The molecule has 0 bridgehead atoms. The molecule has 0 aliphatic rings. The van der Waals surface area contributed by atoms with Crippen molar-refractivity contribution in [3.05, 3.63) is 58.5 Å². The smallest absolute Gasteiger partial charge is 0.248 e. The van der Waals surface area contributed by atoms with E-state index in [1.807, 2.05) is 16.8 Å². The summed E-state index contributed by atoms with van der Waals surface area (Å²) in [4.78, 5) is 11.5. The van der Waals surface area contributed by atoms with Crippen LogP contribution in [-0.2, 0) is 4.79 Å². The number of hydrogen-bond acceptors (Lipinski definition) is 2. The number of benzene rings is 1. The SMILES string of the molecule is O=C(/C=C/c1ccsc1)Nc1cccc(F)c1. The third-order valence-corrected chi connectivity index (χ3v) is 2.76. The Morgan fingerprint density at radius 3 is 2.94 bits per heavy atom. The molecule has 4 heteroatoms. The predicted octanol–water partition coefficient (Wildman–Crippen LogP) is 3.54. The van der Waals surface area contributed by atoms with Gasteiger partial charge in [0.05, 0.1) is 0 Å². The van der Waals surface area contributed by atoms with E-state index in [4.69, 9.17) is 0 Å². The van der Waals surface area contributed by atoms with Crippen LogP contribution in [0, 0.1) is 5.82 Å². The van der Waals surface area contributed by atoms with Gasteiger partial charge in [-0.25, -0.2) is 4.39 Å². The van der Waals surface area contributed by atoms with Gasteiger partial charge in [-0.2, -0.15) is 11.3 Å². The van der Waals surface area contributed by atoms with Gasteiger partial charge in [-0.15, -0.1) is 0 Å². The van der Waals surface area contributed by atoms with E-state index < -0.39 is 0 Å². The van der Waals surface area contributed by atoms with E-state index >= 15 is 0 Å². The number of carbonyl (C=O) groups is 1. The molecule has 0 atom stereocenters. The zero-order chi connectivity index (χ0) is 12.1. The lowest BCUT2D eigenvalue weighted by Crippen LogP contribution is -2.07. The summed E-state index contributed by atoms with van der Waals surface area (Å²) in [5.74, 6) is -0.647. The van der Waals surface area contributed by atoms with Crippen LogP contribution in [0.2, 0.25) is 0 Å². The highest BCUT2D eigenvalue weighted by molar-refractivity contribution is 7.08. The van der Waals surface area contributed by atoms with E-state index in [2.05, 4.69) is 5.32 Å². The Labute approximate surface area is 102 Å². The molecular weight excluding hydrogens is 237 g/mol. The molecule has 0 unspecified atom stereocenters. The van der Waals surface area contributed by atoms with Gasteiger partial charge >= 0.3 is 0 Å². The van der Waals surface area contributed by atoms with E-state index in [1.54, 1.807) is 29.5 Å². The zero-order valence-electron chi connectivity index (χ0n) is 8.89. The summed E-state index contributed by atoms with van der Waals surface area (Å²) in [6, 6.07) is 7.71. The molecule has 0 spiro atoms. The number of amides is 1. The second-order valence-electron chi connectivity index (χ2n) is 3.39. The normalized spacial score (nSPS) is 10.6. The average Bonchev–Trinajstić information content (AvgIpc) is 2.79. The molecule has 86 valence electrons. The van der Waals surface area contributed by atoms with Crippen molar-refractivity contribution >= 4 is 29.0 Å². The fourth-order valence-corrected chi connectivity index (χ4v) is 1.92. The first-order chi connectivity index (χ1) is 8.24. The van der Waals surface area contributed by atoms with Gasteiger partial charge < -0.3 is 5.32 Å². The maximum Gasteiger partial charge on any atom is 0.248 e. The Bertz CT molecular complexity index is 534. The van der Waals surface area contributed by atoms with Crippen LogP contribution in [0.1, 0.15) is 5.56 Å². The summed E-state index contributed by atoms with van der Waals surface area (Å²) in [6.45, 7) is 0. The fourth-order valence-electron chi connectivity index (χ4n) is 1.29. The molecule has 0 saturated carbocycles. The Morgan fingerprint density at radius 1 is 1.35 bits per heavy atom. The van der Waals surface area contributed by atoms with E-state index in [1.165, 1.54) is 18.2 Å². The van der Waals surface area contributed by atoms with Gasteiger partial charge in [-0.3, -0.25) is 4.79 Å². The van der Waals surface area contributed by atoms with Gasteiger partial charge in [-0.05, 0) is 46.7 Å². The van der Waals surface area contributed by atoms with Crippen LogP contribution < -0.4 is 5.32 Å². The lowest BCUT2D eigenvalue weighted by Gasteiger charge is -2.01. The maximum absolute atomic E-state index is 12.9. The van der Waals surface area contributed by atoms with E-state index in [0.29, 0.717) is 5.69 Å². The predicted molar refractivity (Wildman–Crippen MR) is 68.4 cm³/mol. The third-order valence-electron chi connectivity index (χ3n) is 2.06. The standard InChI is InChI=1S/C13H10FNOS/c14-11-2-1-3-12(8-11)15-13(16)5-4-10-6-7-17-9-10/h1-9H,(H,15,16)/b5-4+. The first-order valence-corrected chi connectivity index (χ1v) is 5.95. The molecule has 2 aromatic rings. The lowest BCUT2D eigenvalue weighted by molar-refractivity contribution is -0.111. The number of hydrogen-bond donors (Lipinski definition) is 1. The molecule has 1 amide bonds. The highest BCUT2D eigenvalue weighted by atomic mass is 32.1. The summed E-state index contributed by atoms with van der Waals surface area (Å²) < 4.78 is 12.9. The molecule has 1 N–H and O–H groups in total. The monoisotopic (exact) mass is 247 g/mol. The highest BCUT2D eigenvalue weighted by Gasteiger charge is 1.98. The number of anilines is 1. The van der Waals surface area contributed by atoms with Gasteiger partial charge in [0.25, 0.3) is 0 Å². The second kappa shape index (κ2) is 5.41. The molecule has 1 aromatic carbocycles. The Kier molecular flexibility index (Phi) is 3.67. The van der Waals surface area contributed by atoms with Crippen molar-refractivity contribution in [1.82, 2.24) is 0 Å². The van der Waals surface area contributed by atoms with Gasteiger partial charge in [-0.1, -0.05) is 6.07 Å². The summed E-state index contributed by atoms with van der Waals surface area (Å²) in [6.07, 6.45) is 3.14. The van der Waals surface area contributed by atoms with Crippen molar-refractivity contribution in [2.45, 2.75) is 0 Å². The van der Waals surface area contributed by atoms with E-state index in [9.17, 15) is 9.18 Å². The number of halogens is 1. The molecule has 1 heterocycles. The van der Waals surface area contributed by atoms with Crippen molar-refractivity contribution < 1.29 is 9.18 Å². The number of rotatable bonds is 3. The fraction of sp³-hybridized carbons (Fsp3) is 0. The molecule has 0 radical (unpaired) electrons. The van der Waals surface area contributed by atoms with Crippen molar-refractivity contribution in [3.63, 3.8) is 0 Å². The minimum absolute atomic E-state index is 0.276. The van der Waals surface area contributed by atoms with Gasteiger partial charge in [0.2, 0.25) is 5.91 Å². The van der Waals surface area contributed by atoms with Crippen LogP contribution in [0.4, 0.5) is 10.1 Å². The van der Waals surface area contributed by atoms with Crippen LogP contribution in [-0.4, -0.2) is 5.91 Å². The second-order valence-corrected chi connectivity index (χ2v) is 4.17. The van der Waals surface area contributed by atoms with Gasteiger partial charge in [0, 0.05) is 11.8 Å². The first kappa shape index (κ1) is 11.5. The molecule has 2 nitrogen and oxygen atoms in total. The summed E-state index contributed by atoms with van der Waals surface area (Å²) >= 11 is 1.56. The minimum atomic E-state index is -0.371. The zero-order valence-corrected chi connectivity index (χ0v) is 9.71. The molecule has 2 rings (SSSR count). The molecule has 1 aromatic heterocycles. The van der Waals surface area contributed by atoms with Crippen LogP contribution in [0.5, 0.6) is 0 Å². The van der Waals surface area contributed by atoms with E-state index in [-0.39, 0.29) is 11.7 Å². The maximum atomic E-state index is 12.9. The quantitative estimate of drug-likeness (QED) is 0.826. The minimum Gasteiger partial charge on any atom is -0.322 e. The number of nitrogens with one attached hydrogen (secondary N) is 1. The molecule has 0 aliphatic heterocycles. The van der Waals surface area contributed by atoms with Crippen molar-refractivity contribution in [2.24, 2.45) is 0 Å².